The van der Waals surface area contributed by atoms with Gasteiger partial charge < -0.3 is 14.6 Å². The number of oxazole rings is 1. The van der Waals surface area contributed by atoms with Crippen LogP contribution in [0.5, 0.6) is 0 Å². The molecule has 1 fully saturated rings. The molecule has 1 aromatic heterocycles. The number of amides is 2. The van der Waals surface area contributed by atoms with Crippen LogP contribution in [0.1, 0.15) is 18.5 Å². The summed E-state index contributed by atoms with van der Waals surface area (Å²) < 4.78 is 5.46. The van der Waals surface area contributed by atoms with E-state index < -0.39 is 0 Å². The van der Waals surface area contributed by atoms with Crippen molar-refractivity contribution in [3.63, 3.8) is 0 Å². The van der Waals surface area contributed by atoms with Gasteiger partial charge in [-0.2, -0.15) is 0 Å². The lowest BCUT2D eigenvalue weighted by atomic mass is 10.2. The molecular weight excluding hydrogens is 342 g/mol. The Kier molecular flexibility index (Phi) is 4.70. The molecule has 0 saturated carbocycles. The Morgan fingerprint density at radius 3 is 2.78 bits per heavy atom. The molecule has 0 unspecified atom stereocenters. The number of nitrogens with zero attached hydrogens (tertiary/aromatic N) is 2. The van der Waals surface area contributed by atoms with Crippen LogP contribution in [-0.4, -0.2) is 23.3 Å². The summed E-state index contributed by atoms with van der Waals surface area (Å²) >= 11 is 0. The van der Waals surface area contributed by atoms with E-state index in [9.17, 15) is 9.59 Å². The Bertz CT molecular complexity index is 966. The molecule has 0 aliphatic carbocycles. The van der Waals surface area contributed by atoms with Crippen LogP contribution in [0, 0.1) is 0 Å². The Morgan fingerprint density at radius 1 is 1.15 bits per heavy atom. The van der Waals surface area contributed by atoms with Crippen LogP contribution in [0.4, 0.5) is 11.4 Å². The van der Waals surface area contributed by atoms with Gasteiger partial charge in [0.25, 0.3) is 0 Å². The third-order valence-corrected chi connectivity index (χ3v) is 4.43. The smallest absolute Gasteiger partial charge is 0.230 e. The normalized spacial score (nSPS) is 13.8. The third kappa shape index (κ3) is 3.89. The standard InChI is InChI=1S/C21H19N3O3/c25-19(13-17-14-27-21(23-17)15-6-2-1-3-7-15)22-16-8-4-9-18(12-16)24-11-5-10-20(24)26/h1-4,6-9,12,14H,5,10-11,13H2,(H,22,25). The molecule has 1 aliphatic heterocycles. The first-order valence-electron chi connectivity index (χ1n) is 8.89. The maximum Gasteiger partial charge on any atom is 0.230 e. The van der Waals surface area contributed by atoms with Crippen molar-refractivity contribution in [3.8, 4) is 11.5 Å². The van der Waals surface area contributed by atoms with Crippen molar-refractivity contribution in [2.45, 2.75) is 19.3 Å². The number of benzene rings is 2. The Morgan fingerprint density at radius 2 is 2.00 bits per heavy atom. The summed E-state index contributed by atoms with van der Waals surface area (Å²) in [5, 5.41) is 2.86. The molecule has 6 heteroatoms. The molecule has 6 nitrogen and oxygen atoms in total. The van der Waals surface area contributed by atoms with E-state index >= 15 is 0 Å². The highest BCUT2D eigenvalue weighted by Gasteiger charge is 2.21. The fraction of sp³-hybridized carbons (Fsp3) is 0.190. The SMILES string of the molecule is O=C(Cc1coc(-c2ccccc2)n1)Nc1cccc(N2CCCC2=O)c1. The van der Waals surface area contributed by atoms with Crippen molar-refractivity contribution in [1.29, 1.82) is 0 Å². The van der Waals surface area contributed by atoms with E-state index in [1.165, 1.54) is 6.26 Å². The summed E-state index contributed by atoms with van der Waals surface area (Å²) in [4.78, 5) is 30.4. The van der Waals surface area contributed by atoms with E-state index in [4.69, 9.17) is 4.42 Å². The van der Waals surface area contributed by atoms with Gasteiger partial charge in [0.2, 0.25) is 17.7 Å². The lowest BCUT2D eigenvalue weighted by Gasteiger charge is -2.16. The molecular formula is C21H19N3O3. The topological polar surface area (TPSA) is 75.4 Å². The van der Waals surface area contributed by atoms with E-state index in [0.29, 0.717) is 23.7 Å². The van der Waals surface area contributed by atoms with Crippen LogP contribution >= 0.6 is 0 Å². The number of aromatic nitrogens is 1. The van der Waals surface area contributed by atoms with Gasteiger partial charge in [-0.15, -0.1) is 0 Å². The van der Waals surface area contributed by atoms with Crippen LogP contribution in [0.15, 0.2) is 65.3 Å². The second-order valence-corrected chi connectivity index (χ2v) is 6.43. The van der Waals surface area contributed by atoms with Gasteiger partial charge in [0.05, 0.1) is 12.1 Å². The number of anilines is 2. The van der Waals surface area contributed by atoms with Crippen molar-refractivity contribution in [3.05, 3.63) is 66.6 Å². The summed E-state index contributed by atoms with van der Waals surface area (Å²) in [6.45, 7) is 0.720. The summed E-state index contributed by atoms with van der Waals surface area (Å²) in [7, 11) is 0. The number of nitrogens with one attached hydrogen (secondary N) is 1. The lowest BCUT2D eigenvalue weighted by molar-refractivity contribution is -0.117. The summed E-state index contributed by atoms with van der Waals surface area (Å²) in [6, 6.07) is 16.9. The van der Waals surface area contributed by atoms with Gasteiger partial charge in [0.15, 0.2) is 0 Å². The van der Waals surface area contributed by atoms with Gasteiger partial charge in [0, 0.05) is 29.9 Å². The average Bonchev–Trinajstić information content (AvgIpc) is 3.31. The number of hydrogen-bond acceptors (Lipinski definition) is 4. The average molecular weight is 361 g/mol. The van der Waals surface area contributed by atoms with Crippen molar-refractivity contribution < 1.29 is 14.0 Å². The number of carbonyl (C=O) groups excluding carboxylic acids is 2. The van der Waals surface area contributed by atoms with Gasteiger partial charge in [0.1, 0.15) is 6.26 Å². The lowest BCUT2D eigenvalue weighted by Crippen LogP contribution is -2.23. The van der Waals surface area contributed by atoms with Gasteiger partial charge in [-0.05, 0) is 36.8 Å². The molecule has 27 heavy (non-hydrogen) atoms. The van der Waals surface area contributed by atoms with Crippen molar-refractivity contribution >= 4 is 23.2 Å². The zero-order valence-electron chi connectivity index (χ0n) is 14.7. The molecule has 136 valence electrons. The summed E-state index contributed by atoms with van der Waals surface area (Å²) in [6.07, 6.45) is 3.06. The molecule has 3 aromatic rings. The van der Waals surface area contributed by atoms with E-state index in [1.807, 2.05) is 48.5 Å². The zero-order valence-corrected chi connectivity index (χ0v) is 14.7. The molecule has 0 bridgehead atoms. The van der Waals surface area contributed by atoms with E-state index in [0.717, 1.165) is 24.2 Å². The fourth-order valence-electron chi connectivity index (χ4n) is 3.14. The Hall–Kier alpha value is -3.41. The van der Waals surface area contributed by atoms with E-state index in [2.05, 4.69) is 10.3 Å². The summed E-state index contributed by atoms with van der Waals surface area (Å²) in [5.41, 5.74) is 2.90. The van der Waals surface area contributed by atoms with E-state index in [1.54, 1.807) is 11.0 Å². The second-order valence-electron chi connectivity index (χ2n) is 6.43. The zero-order chi connectivity index (χ0) is 18.6. The molecule has 0 radical (unpaired) electrons. The molecule has 0 atom stereocenters. The van der Waals surface area contributed by atoms with Crippen LogP contribution in [0.2, 0.25) is 0 Å². The molecule has 0 spiro atoms. The molecule has 1 saturated heterocycles. The van der Waals surface area contributed by atoms with Crippen LogP contribution < -0.4 is 10.2 Å². The Labute approximate surface area is 156 Å². The van der Waals surface area contributed by atoms with Gasteiger partial charge in [-0.25, -0.2) is 4.98 Å². The minimum absolute atomic E-state index is 0.114. The predicted molar refractivity (Wildman–Crippen MR) is 102 cm³/mol. The summed E-state index contributed by atoms with van der Waals surface area (Å²) in [5.74, 6) is 0.426. The van der Waals surface area contributed by atoms with Crippen molar-refractivity contribution in [2.75, 3.05) is 16.8 Å². The maximum atomic E-state index is 12.4. The second kappa shape index (κ2) is 7.45. The molecule has 2 aromatic carbocycles. The molecule has 1 aliphatic rings. The number of carbonyl (C=O) groups is 2. The highest BCUT2D eigenvalue weighted by molar-refractivity contribution is 5.97. The molecule has 2 heterocycles. The van der Waals surface area contributed by atoms with Gasteiger partial charge in [-0.3, -0.25) is 9.59 Å². The minimum atomic E-state index is -0.187. The van der Waals surface area contributed by atoms with Crippen LogP contribution in [0.25, 0.3) is 11.5 Å². The van der Waals surface area contributed by atoms with Crippen LogP contribution in [0.3, 0.4) is 0 Å². The first-order valence-corrected chi connectivity index (χ1v) is 8.89. The first kappa shape index (κ1) is 17.0. The first-order chi connectivity index (χ1) is 13.2. The highest BCUT2D eigenvalue weighted by atomic mass is 16.3. The Balaban J connectivity index is 1.41. The largest absolute Gasteiger partial charge is 0.444 e. The maximum absolute atomic E-state index is 12.4. The predicted octanol–water partition coefficient (Wildman–Crippen LogP) is 3.65. The number of rotatable bonds is 5. The van der Waals surface area contributed by atoms with Gasteiger partial charge >= 0.3 is 0 Å². The minimum Gasteiger partial charge on any atom is -0.444 e. The molecule has 4 rings (SSSR count). The van der Waals surface area contributed by atoms with Gasteiger partial charge in [-0.1, -0.05) is 24.3 Å². The van der Waals surface area contributed by atoms with Crippen molar-refractivity contribution in [2.24, 2.45) is 0 Å². The monoisotopic (exact) mass is 361 g/mol. The van der Waals surface area contributed by atoms with Crippen LogP contribution in [-0.2, 0) is 16.0 Å². The molecule has 2 amide bonds. The quantitative estimate of drug-likeness (QED) is 0.753. The fourth-order valence-corrected chi connectivity index (χ4v) is 3.14. The third-order valence-electron chi connectivity index (χ3n) is 4.43. The van der Waals surface area contributed by atoms with Crippen molar-refractivity contribution in [1.82, 2.24) is 4.98 Å². The number of hydrogen-bond donors (Lipinski definition) is 1. The highest BCUT2D eigenvalue weighted by Crippen LogP contribution is 2.24. The van der Waals surface area contributed by atoms with E-state index in [-0.39, 0.29) is 18.2 Å². The molecule has 1 N–H and O–H groups in total.